The number of pyridine rings is 1. The quantitative estimate of drug-likeness (QED) is 0.339. The molecule has 3 aromatic carbocycles. The monoisotopic (exact) mass is 511 g/mol. The van der Waals surface area contributed by atoms with Crippen LogP contribution in [0.2, 0.25) is 0 Å². The zero-order valence-electron chi connectivity index (χ0n) is 22.5. The van der Waals surface area contributed by atoms with Crippen LogP contribution in [-0.2, 0) is 10.3 Å². The van der Waals surface area contributed by atoms with Crippen molar-refractivity contribution in [2.24, 2.45) is 0 Å². The van der Waals surface area contributed by atoms with Gasteiger partial charge in [-0.1, -0.05) is 60.7 Å². The number of aromatic nitrogens is 1. The molecule has 1 aromatic heterocycles. The number of anilines is 1. The van der Waals surface area contributed by atoms with Gasteiger partial charge in [0.2, 0.25) is 5.88 Å². The smallest absolute Gasteiger partial charge is 0.217 e. The number of hydrogen-bond donors (Lipinski definition) is 1. The Kier molecular flexibility index (Phi) is 7.93. The summed E-state index contributed by atoms with van der Waals surface area (Å²) in [5, 5.41) is 13.7. The van der Waals surface area contributed by atoms with Gasteiger partial charge in [-0.3, -0.25) is 0 Å². The molecule has 1 aliphatic heterocycles. The summed E-state index contributed by atoms with van der Waals surface area (Å²) in [7, 11) is 5.73. The summed E-state index contributed by atoms with van der Waals surface area (Å²) in [6.45, 7) is 3.92. The van der Waals surface area contributed by atoms with Crippen molar-refractivity contribution < 1.29 is 14.6 Å². The predicted octanol–water partition coefficient (Wildman–Crippen LogP) is 5.05. The van der Waals surface area contributed by atoms with Gasteiger partial charge in [0.15, 0.2) is 0 Å². The van der Waals surface area contributed by atoms with E-state index in [-0.39, 0.29) is 0 Å². The lowest BCUT2D eigenvalue weighted by atomic mass is 9.71. The standard InChI is InChI=1S/C32H37N3O3/c1-34(2)17-16-32(36,26-12-8-5-9-13-26)30(24-10-6-4-7-11-24)28-23-25-22-27(35-18-20-38-21-19-35)14-15-29(25)33-31(28)37-3/h4-15,22-23,30,36H,16-21H2,1-3H3. The van der Waals surface area contributed by atoms with Crippen molar-refractivity contribution >= 4 is 16.6 Å². The number of hydrogen-bond acceptors (Lipinski definition) is 6. The first kappa shape index (κ1) is 26.2. The van der Waals surface area contributed by atoms with Gasteiger partial charge in [0, 0.05) is 42.2 Å². The number of fused-ring (bicyclic) bond motifs is 1. The summed E-state index contributed by atoms with van der Waals surface area (Å²) < 4.78 is 11.5. The second-order valence-corrected chi connectivity index (χ2v) is 10.3. The van der Waals surface area contributed by atoms with Crippen LogP contribution < -0.4 is 9.64 Å². The van der Waals surface area contributed by atoms with E-state index in [4.69, 9.17) is 14.5 Å². The van der Waals surface area contributed by atoms with E-state index in [2.05, 4.69) is 46.2 Å². The summed E-state index contributed by atoms with van der Waals surface area (Å²) in [5.41, 5.74) is 3.58. The highest BCUT2D eigenvalue weighted by Gasteiger charge is 2.42. The predicted molar refractivity (Wildman–Crippen MR) is 153 cm³/mol. The maximum Gasteiger partial charge on any atom is 0.217 e. The average Bonchev–Trinajstić information content (AvgIpc) is 2.97. The van der Waals surface area contributed by atoms with Crippen LogP contribution in [-0.4, -0.2) is 69.0 Å². The van der Waals surface area contributed by atoms with Gasteiger partial charge in [-0.25, -0.2) is 4.98 Å². The van der Waals surface area contributed by atoms with Crippen LogP contribution in [0.3, 0.4) is 0 Å². The first-order valence-electron chi connectivity index (χ1n) is 13.3. The van der Waals surface area contributed by atoms with Gasteiger partial charge in [0.05, 0.1) is 25.8 Å². The number of ether oxygens (including phenoxy) is 2. The molecule has 1 saturated heterocycles. The lowest BCUT2D eigenvalue weighted by Gasteiger charge is -2.39. The van der Waals surface area contributed by atoms with Gasteiger partial charge in [-0.15, -0.1) is 0 Å². The van der Waals surface area contributed by atoms with E-state index in [9.17, 15) is 5.11 Å². The molecule has 38 heavy (non-hydrogen) atoms. The molecule has 1 N–H and O–H groups in total. The zero-order valence-corrected chi connectivity index (χ0v) is 22.5. The van der Waals surface area contributed by atoms with E-state index in [1.54, 1.807) is 7.11 Å². The molecule has 0 radical (unpaired) electrons. The molecule has 6 nitrogen and oxygen atoms in total. The maximum absolute atomic E-state index is 12.7. The van der Waals surface area contributed by atoms with E-state index in [0.29, 0.717) is 12.3 Å². The van der Waals surface area contributed by atoms with Gasteiger partial charge >= 0.3 is 0 Å². The molecular formula is C32H37N3O3. The molecule has 0 amide bonds. The Bertz CT molecular complexity index is 1340. The number of rotatable bonds is 9. The summed E-state index contributed by atoms with van der Waals surface area (Å²) in [4.78, 5) is 9.40. The van der Waals surface area contributed by atoms with Crippen molar-refractivity contribution in [3.63, 3.8) is 0 Å². The molecule has 2 unspecified atom stereocenters. The Morgan fingerprint density at radius 3 is 2.32 bits per heavy atom. The maximum atomic E-state index is 12.7. The molecule has 5 rings (SSSR count). The SMILES string of the molecule is COc1nc2ccc(N3CCOCC3)cc2cc1C(c1ccccc1)C(O)(CCN(C)C)c1ccccc1. The van der Waals surface area contributed by atoms with E-state index >= 15 is 0 Å². The van der Waals surface area contributed by atoms with Gasteiger partial charge in [0.25, 0.3) is 0 Å². The highest BCUT2D eigenvalue weighted by atomic mass is 16.5. The second kappa shape index (κ2) is 11.5. The number of morpholine rings is 1. The zero-order chi connectivity index (χ0) is 26.5. The molecule has 2 atom stereocenters. The van der Waals surface area contributed by atoms with Crippen molar-refractivity contribution in [1.82, 2.24) is 9.88 Å². The second-order valence-electron chi connectivity index (χ2n) is 10.3. The fourth-order valence-electron chi connectivity index (χ4n) is 5.49. The molecule has 0 spiro atoms. The molecule has 1 aliphatic rings. The lowest BCUT2D eigenvalue weighted by molar-refractivity contribution is 0.00380. The van der Waals surface area contributed by atoms with E-state index < -0.39 is 11.5 Å². The third-order valence-electron chi connectivity index (χ3n) is 7.50. The minimum absolute atomic E-state index is 0.398. The van der Waals surface area contributed by atoms with Crippen LogP contribution in [0.25, 0.3) is 10.9 Å². The topological polar surface area (TPSA) is 58.1 Å². The van der Waals surface area contributed by atoms with Gasteiger partial charge < -0.3 is 24.4 Å². The minimum Gasteiger partial charge on any atom is -0.481 e. The van der Waals surface area contributed by atoms with Crippen molar-refractivity contribution in [3.8, 4) is 5.88 Å². The molecule has 4 aromatic rings. The molecule has 0 saturated carbocycles. The third kappa shape index (κ3) is 5.39. The van der Waals surface area contributed by atoms with Gasteiger partial charge in [-0.2, -0.15) is 0 Å². The highest BCUT2D eigenvalue weighted by Crippen LogP contribution is 2.47. The normalized spacial score (nSPS) is 16.4. The summed E-state index contributed by atoms with van der Waals surface area (Å²) >= 11 is 0. The molecule has 0 bridgehead atoms. The Labute approximate surface area is 225 Å². The van der Waals surface area contributed by atoms with Crippen molar-refractivity contribution in [3.05, 3.63) is 102 Å². The van der Waals surface area contributed by atoms with Gasteiger partial charge in [0.1, 0.15) is 5.60 Å². The van der Waals surface area contributed by atoms with E-state index in [1.807, 2.05) is 62.6 Å². The van der Waals surface area contributed by atoms with Crippen LogP contribution >= 0.6 is 0 Å². The van der Waals surface area contributed by atoms with Crippen molar-refractivity contribution in [1.29, 1.82) is 0 Å². The third-order valence-corrected chi connectivity index (χ3v) is 7.50. The number of nitrogens with zero attached hydrogens (tertiary/aromatic N) is 3. The highest BCUT2D eigenvalue weighted by molar-refractivity contribution is 5.84. The largest absolute Gasteiger partial charge is 0.481 e. The first-order chi connectivity index (χ1) is 18.5. The summed E-state index contributed by atoms with van der Waals surface area (Å²) in [6, 6.07) is 28.7. The molecule has 6 heteroatoms. The van der Waals surface area contributed by atoms with Crippen LogP contribution in [0.5, 0.6) is 5.88 Å². The Balaban J connectivity index is 1.71. The van der Waals surface area contributed by atoms with E-state index in [1.165, 1.54) is 0 Å². The van der Waals surface area contributed by atoms with Crippen LogP contribution in [0.4, 0.5) is 5.69 Å². The fraction of sp³-hybridized carbons (Fsp3) is 0.344. The van der Waals surface area contributed by atoms with Crippen LogP contribution in [0, 0.1) is 0 Å². The molecular weight excluding hydrogens is 474 g/mol. The van der Waals surface area contributed by atoms with Crippen LogP contribution in [0.1, 0.15) is 29.0 Å². The minimum atomic E-state index is -1.20. The Hall–Kier alpha value is -3.45. The fourth-order valence-corrected chi connectivity index (χ4v) is 5.49. The van der Waals surface area contributed by atoms with Crippen molar-refractivity contribution in [2.75, 3.05) is 59.0 Å². The molecule has 0 aliphatic carbocycles. The summed E-state index contributed by atoms with van der Waals surface area (Å²) in [6.07, 6.45) is 0.540. The summed E-state index contributed by atoms with van der Waals surface area (Å²) in [5.74, 6) is 0.134. The molecule has 1 fully saturated rings. The first-order valence-corrected chi connectivity index (χ1v) is 13.3. The van der Waals surface area contributed by atoms with E-state index in [0.717, 1.165) is 66.1 Å². The Morgan fingerprint density at radius 2 is 1.66 bits per heavy atom. The van der Waals surface area contributed by atoms with Crippen molar-refractivity contribution in [2.45, 2.75) is 17.9 Å². The number of benzene rings is 3. The number of methoxy groups -OCH3 is 1. The number of aliphatic hydroxyl groups is 1. The Morgan fingerprint density at radius 1 is 0.974 bits per heavy atom. The van der Waals surface area contributed by atoms with Crippen LogP contribution in [0.15, 0.2) is 84.9 Å². The average molecular weight is 512 g/mol. The molecule has 2 heterocycles. The van der Waals surface area contributed by atoms with Gasteiger partial charge in [-0.05, 0) is 55.9 Å². The lowest BCUT2D eigenvalue weighted by Crippen LogP contribution is -2.37. The molecule has 198 valence electrons.